The number of anilines is 1. The van der Waals surface area contributed by atoms with Crippen molar-refractivity contribution in [3.05, 3.63) is 40.2 Å². The van der Waals surface area contributed by atoms with Gasteiger partial charge in [0.1, 0.15) is 11.6 Å². The topological polar surface area (TPSA) is 78.0 Å². The molecule has 31 heavy (non-hydrogen) atoms. The quantitative estimate of drug-likeness (QED) is 0.400. The van der Waals surface area contributed by atoms with Gasteiger partial charge in [-0.2, -0.15) is 0 Å². The summed E-state index contributed by atoms with van der Waals surface area (Å²) in [6.07, 6.45) is 6.49. The van der Waals surface area contributed by atoms with Gasteiger partial charge < -0.3 is 9.88 Å². The molecule has 2 aromatic rings. The first kappa shape index (κ1) is 22.3. The Bertz CT molecular complexity index is 928. The SMILES string of the molecule is CC(C)(C)c1nc(C2CCC2)cc(N2CCN(CCCSc3nccc(=O)[nH]3)CC2)n1. The van der Waals surface area contributed by atoms with Crippen molar-refractivity contribution in [2.45, 2.75) is 62.9 Å². The van der Waals surface area contributed by atoms with Crippen LogP contribution < -0.4 is 10.5 Å². The first-order valence-electron chi connectivity index (χ1n) is 11.4. The number of H-pyrrole nitrogens is 1. The molecule has 8 heteroatoms. The molecule has 168 valence electrons. The molecule has 2 fully saturated rings. The molecule has 0 bridgehead atoms. The number of nitrogens with zero attached hydrogens (tertiary/aromatic N) is 5. The minimum absolute atomic E-state index is 0.0358. The monoisotopic (exact) mass is 442 g/mol. The predicted molar refractivity (Wildman–Crippen MR) is 126 cm³/mol. The Balaban J connectivity index is 1.29. The van der Waals surface area contributed by atoms with Crippen molar-refractivity contribution in [3.8, 4) is 0 Å². The van der Waals surface area contributed by atoms with Gasteiger partial charge in [-0.15, -0.1) is 0 Å². The van der Waals surface area contributed by atoms with Gasteiger partial charge in [0, 0.05) is 67.3 Å². The van der Waals surface area contributed by atoms with E-state index in [2.05, 4.69) is 46.6 Å². The van der Waals surface area contributed by atoms with E-state index in [0.717, 1.165) is 56.5 Å². The average molecular weight is 443 g/mol. The number of hydrogen-bond donors (Lipinski definition) is 1. The highest BCUT2D eigenvalue weighted by atomic mass is 32.2. The molecule has 2 aromatic heterocycles. The summed E-state index contributed by atoms with van der Waals surface area (Å²) < 4.78 is 0. The zero-order valence-corrected chi connectivity index (χ0v) is 19.7. The van der Waals surface area contributed by atoms with Gasteiger partial charge in [0.05, 0.1) is 0 Å². The summed E-state index contributed by atoms with van der Waals surface area (Å²) in [5.41, 5.74) is 1.12. The van der Waals surface area contributed by atoms with E-state index < -0.39 is 0 Å². The first-order chi connectivity index (χ1) is 14.9. The Labute approximate surface area is 189 Å². The van der Waals surface area contributed by atoms with E-state index in [1.165, 1.54) is 31.0 Å². The first-order valence-corrected chi connectivity index (χ1v) is 12.4. The number of piperazine rings is 1. The summed E-state index contributed by atoms with van der Waals surface area (Å²) in [4.78, 5) is 33.2. The van der Waals surface area contributed by atoms with Gasteiger partial charge in [-0.1, -0.05) is 39.0 Å². The van der Waals surface area contributed by atoms with Crippen LogP contribution in [0.1, 0.15) is 63.9 Å². The van der Waals surface area contributed by atoms with Gasteiger partial charge in [-0.05, 0) is 25.8 Å². The zero-order valence-electron chi connectivity index (χ0n) is 18.9. The summed E-state index contributed by atoms with van der Waals surface area (Å²) in [6.45, 7) is 11.8. The third kappa shape index (κ3) is 5.86. The molecule has 0 atom stereocenters. The zero-order chi connectivity index (χ0) is 21.8. The van der Waals surface area contributed by atoms with Gasteiger partial charge in [-0.25, -0.2) is 15.0 Å². The van der Waals surface area contributed by atoms with Crippen molar-refractivity contribution in [3.63, 3.8) is 0 Å². The third-order valence-electron chi connectivity index (χ3n) is 6.13. The molecule has 2 aliphatic rings. The smallest absolute Gasteiger partial charge is 0.251 e. The van der Waals surface area contributed by atoms with Crippen LogP contribution in [0, 0.1) is 0 Å². The molecule has 0 unspecified atom stereocenters. The lowest BCUT2D eigenvalue weighted by atomic mass is 9.82. The predicted octanol–water partition coefficient (Wildman–Crippen LogP) is 3.43. The van der Waals surface area contributed by atoms with E-state index in [4.69, 9.17) is 9.97 Å². The molecule has 1 N–H and O–H groups in total. The number of rotatable bonds is 7. The fourth-order valence-corrected chi connectivity index (χ4v) is 4.72. The maximum atomic E-state index is 11.3. The van der Waals surface area contributed by atoms with Gasteiger partial charge in [0.2, 0.25) is 0 Å². The maximum absolute atomic E-state index is 11.3. The normalized spacial score (nSPS) is 18.2. The number of aromatic nitrogens is 4. The largest absolute Gasteiger partial charge is 0.354 e. The van der Waals surface area contributed by atoms with E-state index in [1.807, 2.05) is 0 Å². The molecule has 1 aliphatic carbocycles. The van der Waals surface area contributed by atoms with E-state index in [0.29, 0.717) is 11.1 Å². The van der Waals surface area contributed by atoms with Gasteiger partial charge in [-0.3, -0.25) is 9.69 Å². The van der Waals surface area contributed by atoms with Gasteiger partial charge in [0.25, 0.3) is 5.56 Å². The van der Waals surface area contributed by atoms with Crippen molar-refractivity contribution in [2.24, 2.45) is 0 Å². The number of hydrogen-bond acceptors (Lipinski definition) is 7. The molecule has 4 rings (SSSR count). The Morgan fingerprint density at radius 1 is 1.16 bits per heavy atom. The lowest BCUT2D eigenvalue weighted by Crippen LogP contribution is -2.47. The molecule has 3 heterocycles. The van der Waals surface area contributed by atoms with Crippen molar-refractivity contribution >= 4 is 17.6 Å². The summed E-state index contributed by atoms with van der Waals surface area (Å²) in [5.74, 6) is 3.66. The van der Waals surface area contributed by atoms with Crippen LogP contribution in [0.25, 0.3) is 0 Å². The molecule has 1 aliphatic heterocycles. The van der Waals surface area contributed by atoms with Crippen molar-refractivity contribution in [2.75, 3.05) is 43.4 Å². The highest BCUT2D eigenvalue weighted by molar-refractivity contribution is 7.99. The number of aromatic amines is 1. The molecule has 0 aromatic carbocycles. The fraction of sp³-hybridized carbons (Fsp3) is 0.652. The van der Waals surface area contributed by atoms with E-state index >= 15 is 0 Å². The molecule has 0 spiro atoms. The van der Waals surface area contributed by atoms with E-state index in [-0.39, 0.29) is 11.0 Å². The highest BCUT2D eigenvalue weighted by Gasteiger charge is 2.27. The van der Waals surface area contributed by atoms with Crippen LogP contribution in [0.5, 0.6) is 0 Å². The average Bonchev–Trinajstić information content (AvgIpc) is 2.70. The van der Waals surface area contributed by atoms with Crippen LogP contribution in [0.3, 0.4) is 0 Å². The van der Waals surface area contributed by atoms with Crippen LogP contribution in [0.15, 0.2) is 28.3 Å². The molecule has 0 amide bonds. The maximum Gasteiger partial charge on any atom is 0.251 e. The standard InChI is InChI=1S/C23H34N6OS/c1-23(2,3)21-25-18(17-6-4-7-17)16-19(26-21)29-13-11-28(12-14-29)10-5-15-31-22-24-9-8-20(30)27-22/h8-9,16-17H,4-7,10-15H2,1-3H3,(H,24,27,30). The Kier molecular flexibility index (Phi) is 6.96. The van der Waals surface area contributed by atoms with Crippen molar-refractivity contribution in [1.29, 1.82) is 0 Å². The van der Waals surface area contributed by atoms with E-state index in [9.17, 15) is 4.79 Å². The minimum atomic E-state index is -0.0894. The second-order valence-electron chi connectivity index (χ2n) is 9.62. The Morgan fingerprint density at radius 3 is 2.58 bits per heavy atom. The molecular weight excluding hydrogens is 408 g/mol. The van der Waals surface area contributed by atoms with Crippen LogP contribution in [-0.2, 0) is 5.41 Å². The van der Waals surface area contributed by atoms with Crippen LogP contribution in [0.2, 0.25) is 0 Å². The van der Waals surface area contributed by atoms with Crippen LogP contribution >= 0.6 is 11.8 Å². The molecule has 0 radical (unpaired) electrons. The number of thioether (sulfide) groups is 1. The van der Waals surface area contributed by atoms with Crippen LogP contribution in [-0.4, -0.2) is 63.3 Å². The second kappa shape index (κ2) is 9.69. The molecule has 7 nitrogen and oxygen atoms in total. The molecular formula is C23H34N6OS. The minimum Gasteiger partial charge on any atom is -0.354 e. The summed E-state index contributed by atoms with van der Waals surface area (Å²) in [5, 5.41) is 0.706. The Hall–Kier alpha value is -1.93. The lowest BCUT2D eigenvalue weighted by molar-refractivity contribution is 0.258. The van der Waals surface area contributed by atoms with E-state index in [1.54, 1.807) is 18.0 Å². The van der Waals surface area contributed by atoms with Gasteiger partial charge in [0.15, 0.2) is 5.16 Å². The summed E-state index contributed by atoms with van der Waals surface area (Å²) >= 11 is 1.62. The molecule has 1 saturated heterocycles. The summed E-state index contributed by atoms with van der Waals surface area (Å²) in [6, 6.07) is 3.69. The van der Waals surface area contributed by atoms with Crippen molar-refractivity contribution < 1.29 is 0 Å². The highest BCUT2D eigenvalue weighted by Crippen LogP contribution is 2.37. The lowest BCUT2D eigenvalue weighted by Gasteiger charge is -2.36. The van der Waals surface area contributed by atoms with Crippen molar-refractivity contribution in [1.82, 2.24) is 24.8 Å². The third-order valence-corrected chi connectivity index (χ3v) is 7.10. The Morgan fingerprint density at radius 2 is 1.94 bits per heavy atom. The van der Waals surface area contributed by atoms with Gasteiger partial charge >= 0.3 is 0 Å². The fourth-order valence-electron chi connectivity index (χ4n) is 3.95. The second-order valence-corrected chi connectivity index (χ2v) is 10.7. The van der Waals surface area contributed by atoms with Crippen LogP contribution in [0.4, 0.5) is 5.82 Å². The number of nitrogens with one attached hydrogen (secondary N) is 1. The molecule has 1 saturated carbocycles. The summed E-state index contributed by atoms with van der Waals surface area (Å²) in [7, 11) is 0.